The van der Waals surface area contributed by atoms with E-state index in [0.717, 1.165) is 18.9 Å². The molecule has 0 radical (unpaired) electrons. The van der Waals surface area contributed by atoms with Crippen molar-refractivity contribution in [1.82, 2.24) is 9.97 Å². The maximum absolute atomic E-state index is 12.8. The molecule has 2 fully saturated rings. The second kappa shape index (κ2) is 7.57. The second-order valence-electron chi connectivity index (χ2n) is 7.49. The molecule has 1 spiro atoms. The fraction of sp³-hybridized carbons (Fsp3) is 0.450. The number of hydrogen-bond acceptors (Lipinski definition) is 4. The third kappa shape index (κ3) is 3.67. The highest BCUT2D eigenvalue weighted by Crippen LogP contribution is 2.46. The minimum Gasteiger partial charge on any atom is -0.355 e. The maximum atomic E-state index is 12.8. The average molecular weight is 425 g/mol. The first-order valence-corrected chi connectivity index (χ1v) is 10.4. The second-order valence-corrected chi connectivity index (χ2v) is 8.64. The van der Waals surface area contributed by atoms with Crippen LogP contribution in [0.4, 0.5) is 5.82 Å². The van der Waals surface area contributed by atoms with Crippen LogP contribution in [0.3, 0.4) is 0 Å². The van der Waals surface area contributed by atoms with Gasteiger partial charge in [0, 0.05) is 18.7 Å². The Morgan fingerprint density at radius 2 is 1.74 bits per heavy atom. The van der Waals surface area contributed by atoms with Crippen LogP contribution < -0.4 is 4.90 Å². The number of carbonyl (C=O) groups is 1. The van der Waals surface area contributed by atoms with Crippen molar-refractivity contribution in [2.45, 2.75) is 38.5 Å². The van der Waals surface area contributed by atoms with Crippen LogP contribution in [-0.2, 0) is 0 Å². The van der Waals surface area contributed by atoms with Crippen molar-refractivity contribution in [2.24, 2.45) is 5.41 Å². The minimum absolute atomic E-state index is 0.0915. The van der Waals surface area contributed by atoms with E-state index in [1.165, 1.54) is 38.5 Å². The highest BCUT2D eigenvalue weighted by Gasteiger charge is 2.37. The van der Waals surface area contributed by atoms with E-state index in [4.69, 9.17) is 34.8 Å². The number of carbonyl (C=O) groups excluding carboxylic acids is 1. The van der Waals surface area contributed by atoms with Gasteiger partial charge in [-0.1, -0.05) is 53.7 Å². The van der Waals surface area contributed by atoms with Gasteiger partial charge in [-0.2, -0.15) is 0 Å². The summed E-state index contributed by atoms with van der Waals surface area (Å²) in [6.45, 7) is 1.91. The number of aromatic nitrogens is 2. The Hall–Kier alpha value is -1.36. The van der Waals surface area contributed by atoms with Gasteiger partial charge in [-0.25, -0.2) is 9.97 Å². The molecule has 0 N–H and O–H groups in total. The molecule has 1 saturated carbocycles. The molecular formula is C20H20Cl3N3O. The van der Waals surface area contributed by atoms with Crippen molar-refractivity contribution in [3.05, 3.63) is 50.9 Å². The van der Waals surface area contributed by atoms with Crippen molar-refractivity contribution in [3.63, 3.8) is 0 Å². The molecule has 1 aromatic carbocycles. The molecule has 2 aliphatic rings. The molecule has 4 nitrogen and oxygen atoms in total. The Bertz CT molecular complexity index is 871. The largest absolute Gasteiger partial charge is 0.355 e. The number of halogens is 3. The maximum Gasteiger partial charge on any atom is 0.216 e. The zero-order valence-electron chi connectivity index (χ0n) is 14.9. The Morgan fingerprint density at radius 3 is 2.41 bits per heavy atom. The van der Waals surface area contributed by atoms with Gasteiger partial charge in [-0.05, 0) is 43.2 Å². The first-order valence-electron chi connectivity index (χ1n) is 9.25. The zero-order valence-corrected chi connectivity index (χ0v) is 17.1. The van der Waals surface area contributed by atoms with Crippen LogP contribution in [0.25, 0.3) is 0 Å². The molecule has 0 unspecified atom stereocenters. The van der Waals surface area contributed by atoms with Gasteiger partial charge in [-0.3, -0.25) is 4.79 Å². The molecular weight excluding hydrogens is 405 g/mol. The summed E-state index contributed by atoms with van der Waals surface area (Å²) in [6.07, 6.45) is 9.41. The lowest BCUT2D eigenvalue weighted by Crippen LogP contribution is -2.39. The third-order valence-electron chi connectivity index (χ3n) is 5.94. The summed E-state index contributed by atoms with van der Waals surface area (Å²) >= 11 is 18.5. The van der Waals surface area contributed by atoms with Crippen molar-refractivity contribution >= 4 is 46.4 Å². The van der Waals surface area contributed by atoms with Crippen LogP contribution in [0, 0.1) is 5.41 Å². The first kappa shape index (κ1) is 19.0. The number of ketones is 1. The number of piperidine rings is 1. The van der Waals surface area contributed by atoms with E-state index in [-0.39, 0.29) is 27.2 Å². The van der Waals surface area contributed by atoms with E-state index in [0.29, 0.717) is 10.4 Å². The highest BCUT2D eigenvalue weighted by atomic mass is 35.5. The van der Waals surface area contributed by atoms with Gasteiger partial charge in [0.2, 0.25) is 5.78 Å². The van der Waals surface area contributed by atoms with E-state index in [1.807, 2.05) is 0 Å². The number of rotatable bonds is 3. The fourth-order valence-electron chi connectivity index (χ4n) is 4.30. The average Bonchev–Trinajstić information content (AvgIpc) is 3.12. The summed E-state index contributed by atoms with van der Waals surface area (Å²) in [4.78, 5) is 23.7. The van der Waals surface area contributed by atoms with Gasteiger partial charge in [0.05, 0.1) is 16.2 Å². The summed E-state index contributed by atoms with van der Waals surface area (Å²) in [5.41, 5.74) is 0.899. The summed E-state index contributed by atoms with van der Waals surface area (Å²) < 4.78 is 0. The molecule has 1 saturated heterocycles. The van der Waals surface area contributed by atoms with E-state index in [1.54, 1.807) is 24.4 Å². The number of anilines is 1. The van der Waals surface area contributed by atoms with E-state index >= 15 is 0 Å². The monoisotopic (exact) mass is 423 g/mol. The van der Waals surface area contributed by atoms with Crippen molar-refractivity contribution in [2.75, 3.05) is 18.0 Å². The molecule has 142 valence electrons. The molecule has 2 heterocycles. The fourth-order valence-corrected chi connectivity index (χ4v) is 4.91. The van der Waals surface area contributed by atoms with Gasteiger partial charge in [0.1, 0.15) is 11.5 Å². The van der Waals surface area contributed by atoms with Gasteiger partial charge >= 0.3 is 0 Å². The van der Waals surface area contributed by atoms with Crippen LogP contribution in [0.15, 0.2) is 24.4 Å². The van der Waals surface area contributed by atoms with Gasteiger partial charge in [-0.15, -0.1) is 0 Å². The van der Waals surface area contributed by atoms with Gasteiger partial charge < -0.3 is 4.90 Å². The van der Waals surface area contributed by atoms with Crippen LogP contribution in [0.1, 0.15) is 54.6 Å². The third-order valence-corrected chi connectivity index (χ3v) is 7.02. The summed E-state index contributed by atoms with van der Waals surface area (Å²) in [5.74, 6) is 0.344. The number of hydrogen-bond donors (Lipinski definition) is 0. The van der Waals surface area contributed by atoms with Crippen LogP contribution >= 0.6 is 34.8 Å². The Morgan fingerprint density at radius 1 is 1.04 bits per heavy atom. The SMILES string of the molecule is O=C(c1cccc(Cl)c1Cl)c1ncc(N2CCC3(CCCC3)CC2)nc1Cl. The predicted molar refractivity (Wildman–Crippen MR) is 109 cm³/mol. The quantitative estimate of drug-likeness (QED) is 0.582. The molecule has 0 bridgehead atoms. The molecule has 7 heteroatoms. The minimum atomic E-state index is -0.380. The predicted octanol–water partition coefficient (Wildman–Crippen LogP) is 5.83. The topological polar surface area (TPSA) is 46.1 Å². The van der Waals surface area contributed by atoms with E-state index in [9.17, 15) is 4.79 Å². The smallest absolute Gasteiger partial charge is 0.216 e. The highest BCUT2D eigenvalue weighted by molar-refractivity contribution is 6.44. The Labute approximate surface area is 173 Å². The lowest BCUT2D eigenvalue weighted by molar-refractivity contribution is 0.103. The molecule has 2 aromatic rings. The van der Waals surface area contributed by atoms with Crippen LogP contribution in [0.5, 0.6) is 0 Å². The van der Waals surface area contributed by atoms with Crippen molar-refractivity contribution in [1.29, 1.82) is 0 Å². The lowest BCUT2D eigenvalue weighted by atomic mass is 9.77. The van der Waals surface area contributed by atoms with E-state index < -0.39 is 0 Å². The van der Waals surface area contributed by atoms with E-state index in [2.05, 4.69) is 14.9 Å². The Balaban J connectivity index is 1.53. The van der Waals surface area contributed by atoms with Crippen LogP contribution in [0.2, 0.25) is 15.2 Å². The van der Waals surface area contributed by atoms with Crippen LogP contribution in [-0.4, -0.2) is 28.8 Å². The summed E-state index contributed by atoms with van der Waals surface area (Å²) in [5, 5.41) is 0.607. The summed E-state index contributed by atoms with van der Waals surface area (Å²) in [7, 11) is 0. The standard InChI is InChI=1S/C20H20Cl3N3O/c21-14-5-3-4-13(16(14)22)18(27)17-19(23)25-15(12-24-17)26-10-8-20(9-11-26)6-1-2-7-20/h3-5,12H,1-2,6-11H2. The molecule has 1 aromatic heterocycles. The molecule has 1 aliphatic carbocycles. The zero-order chi connectivity index (χ0) is 19.0. The van der Waals surface area contributed by atoms with Gasteiger partial charge in [0.15, 0.2) is 5.15 Å². The summed E-state index contributed by atoms with van der Waals surface area (Å²) in [6, 6.07) is 4.91. The van der Waals surface area contributed by atoms with Crippen molar-refractivity contribution in [3.8, 4) is 0 Å². The normalized spacial score (nSPS) is 18.9. The molecule has 27 heavy (non-hydrogen) atoms. The first-order chi connectivity index (χ1) is 13.0. The lowest BCUT2D eigenvalue weighted by Gasteiger charge is -2.39. The molecule has 4 rings (SSSR count). The molecule has 0 atom stereocenters. The van der Waals surface area contributed by atoms with Crippen molar-refractivity contribution < 1.29 is 4.79 Å². The molecule has 1 aliphatic heterocycles. The van der Waals surface area contributed by atoms with Gasteiger partial charge in [0.25, 0.3) is 0 Å². The molecule has 0 amide bonds. The Kier molecular flexibility index (Phi) is 5.32. The number of benzene rings is 1. The number of nitrogens with zero attached hydrogens (tertiary/aromatic N) is 3.